The fraction of sp³-hybridized carbons (Fsp3) is 0.208. The summed E-state index contributed by atoms with van der Waals surface area (Å²) in [6, 6.07) is 11.9. The lowest BCUT2D eigenvalue weighted by Gasteiger charge is -2.21. The van der Waals surface area contributed by atoms with Crippen molar-refractivity contribution >= 4 is 34.2 Å². The molecule has 0 fully saturated rings. The molecule has 1 atom stereocenters. The molecule has 3 aromatic heterocycles. The van der Waals surface area contributed by atoms with Crippen LogP contribution in [0.5, 0.6) is 5.75 Å². The molecule has 1 N–H and O–H groups in total. The van der Waals surface area contributed by atoms with Crippen molar-refractivity contribution < 1.29 is 9.53 Å². The van der Waals surface area contributed by atoms with Gasteiger partial charge in [0.1, 0.15) is 5.75 Å². The Kier molecular flexibility index (Phi) is 5.26. The zero-order valence-corrected chi connectivity index (χ0v) is 17.9. The first-order valence-electron chi connectivity index (χ1n) is 10.2. The maximum atomic E-state index is 12.3. The van der Waals surface area contributed by atoms with Crippen LogP contribution in [0, 0.1) is 0 Å². The van der Waals surface area contributed by atoms with E-state index in [0.717, 1.165) is 52.2 Å². The third-order valence-electron chi connectivity index (χ3n) is 5.53. The predicted octanol–water partition coefficient (Wildman–Crippen LogP) is 4.18. The minimum absolute atomic E-state index is 0.0542. The van der Waals surface area contributed by atoms with E-state index in [1.165, 1.54) is 5.56 Å². The molecule has 0 spiro atoms. The molecular weight excluding hydrogens is 408 g/mol. The standard InChI is InChI=1S/C24H22N4O2S/c1-30-18-5-8-22-20(14-18)23(10-11-25-22)28-15-16-13-17(4-7-21(16)27-28)26-24(29)9-6-19-3-2-12-31-19/h2-3,5-6,8-12,14-15,17H,4,7,13H2,1H3,(H,26,29). The van der Waals surface area contributed by atoms with E-state index in [1.807, 2.05) is 52.5 Å². The first-order valence-corrected chi connectivity index (χ1v) is 11.1. The van der Waals surface area contributed by atoms with Gasteiger partial charge in [-0.05, 0) is 66.6 Å². The molecule has 1 aliphatic carbocycles. The van der Waals surface area contributed by atoms with Crippen LogP contribution in [-0.4, -0.2) is 33.8 Å². The zero-order valence-electron chi connectivity index (χ0n) is 17.1. The summed E-state index contributed by atoms with van der Waals surface area (Å²) >= 11 is 1.62. The van der Waals surface area contributed by atoms with Gasteiger partial charge >= 0.3 is 0 Å². The number of ether oxygens (including phenoxy) is 1. The van der Waals surface area contributed by atoms with Gasteiger partial charge < -0.3 is 10.1 Å². The van der Waals surface area contributed by atoms with Crippen molar-refractivity contribution in [2.75, 3.05) is 7.11 Å². The van der Waals surface area contributed by atoms with Gasteiger partial charge in [0.25, 0.3) is 0 Å². The lowest BCUT2D eigenvalue weighted by molar-refractivity contribution is -0.117. The number of fused-ring (bicyclic) bond motifs is 2. The smallest absolute Gasteiger partial charge is 0.244 e. The average Bonchev–Trinajstić information content (AvgIpc) is 3.46. The number of methoxy groups -OCH3 is 1. The molecule has 156 valence electrons. The summed E-state index contributed by atoms with van der Waals surface area (Å²) in [5, 5.41) is 11.0. The van der Waals surface area contributed by atoms with Crippen molar-refractivity contribution in [1.29, 1.82) is 0 Å². The van der Waals surface area contributed by atoms with Gasteiger partial charge in [-0.25, -0.2) is 4.68 Å². The number of carbonyl (C=O) groups is 1. The van der Waals surface area contributed by atoms with Gasteiger partial charge in [0, 0.05) is 34.8 Å². The molecule has 0 saturated carbocycles. The van der Waals surface area contributed by atoms with Crippen molar-refractivity contribution in [1.82, 2.24) is 20.1 Å². The molecule has 1 aromatic carbocycles. The molecule has 3 heterocycles. The molecular formula is C24H22N4O2S. The summed E-state index contributed by atoms with van der Waals surface area (Å²) in [6.07, 6.45) is 9.84. The van der Waals surface area contributed by atoms with Crippen LogP contribution >= 0.6 is 11.3 Å². The number of rotatable bonds is 5. The van der Waals surface area contributed by atoms with Gasteiger partial charge in [0.05, 0.1) is 24.0 Å². The van der Waals surface area contributed by atoms with Gasteiger partial charge in [-0.3, -0.25) is 9.78 Å². The second-order valence-corrected chi connectivity index (χ2v) is 8.54. The number of hydrogen-bond acceptors (Lipinski definition) is 5. The molecule has 5 rings (SSSR count). The fourth-order valence-corrected chi connectivity index (χ4v) is 4.60. The number of aryl methyl sites for hydroxylation is 1. The number of hydrogen-bond donors (Lipinski definition) is 1. The Labute approximate surface area is 184 Å². The first-order chi connectivity index (χ1) is 15.2. The van der Waals surface area contributed by atoms with Gasteiger partial charge in [-0.15, -0.1) is 11.3 Å². The Morgan fingerprint density at radius 1 is 1.32 bits per heavy atom. The quantitative estimate of drug-likeness (QED) is 0.483. The Morgan fingerprint density at radius 3 is 3.10 bits per heavy atom. The zero-order chi connectivity index (χ0) is 21.2. The van der Waals surface area contributed by atoms with Crippen LogP contribution in [0.4, 0.5) is 0 Å². The molecule has 7 heteroatoms. The molecule has 0 radical (unpaired) electrons. The monoisotopic (exact) mass is 430 g/mol. The van der Waals surface area contributed by atoms with Crippen LogP contribution in [0.1, 0.15) is 22.6 Å². The number of nitrogens with one attached hydrogen (secondary N) is 1. The normalized spacial score (nSPS) is 15.8. The molecule has 1 unspecified atom stereocenters. The van der Waals surface area contributed by atoms with E-state index in [9.17, 15) is 4.79 Å². The lowest BCUT2D eigenvalue weighted by Crippen LogP contribution is -2.37. The van der Waals surface area contributed by atoms with Crippen molar-refractivity contribution in [3.8, 4) is 11.4 Å². The predicted molar refractivity (Wildman–Crippen MR) is 123 cm³/mol. The minimum atomic E-state index is -0.0542. The summed E-state index contributed by atoms with van der Waals surface area (Å²) in [5.41, 5.74) is 4.13. The number of nitrogens with zero attached hydrogens (tertiary/aromatic N) is 3. The highest BCUT2D eigenvalue weighted by Crippen LogP contribution is 2.27. The topological polar surface area (TPSA) is 69.0 Å². The summed E-state index contributed by atoms with van der Waals surface area (Å²) in [6.45, 7) is 0. The van der Waals surface area contributed by atoms with E-state index in [4.69, 9.17) is 9.84 Å². The molecule has 6 nitrogen and oxygen atoms in total. The third kappa shape index (κ3) is 4.09. The number of thiophene rings is 1. The third-order valence-corrected chi connectivity index (χ3v) is 6.37. The van der Waals surface area contributed by atoms with Gasteiger partial charge in [0.15, 0.2) is 0 Å². The van der Waals surface area contributed by atoms with Crippen molar-refractivity contribution in [3.05, 3.63) is 76.4 Å². The van der Waals surface area contributed by atoms with E-state index >= 15 is 0 Å². The van der Waals surface area contributed by atoms with E-state index in [1.54, 1.807) is 30.7 Å². The number of amides is 1. The van der Waals surface area contributed by atoms with Crippen LogP contribution in [0.25, 0.3) is 22.7 Å². The molecule has 0 saturated heterocycles. The summed E-state index contributed by atoms with van der Waals surface area (Å²) in [5.74, 6) is 0.735. The van der Waals surface area contributed by atoms with Crippen LogP contribution in [-0.2, 0) is 17.6 Å². The van der Waals surface area contributed by atoms with Gasteiger partial charge in [-0.2, -0.15) is 5.10 Å². The van der Waals surface area contributed by atoms with E-state index in [-0.39, 0.29) is 11.9 Å². The second kappa shape index (κ2) is 8.35. The first kappa shape index (κ1) is 19.5. The van der Waals surface area contributed by atoms with Gasteiger partial charge in [0.2, 0.25) is 5.91 Å². The highest BCUT2D eigenvalue weighted by atomic mass is 32.1. The Balaban J connectivity index is 1.35. The lowest BCUT2D eigenvalue weighted by atomic mass is 9.93. The number of pyridine rings is 1. The van der Waals surface area contributed by atoms with Crippen molar-refractivity contribution in [2.24, 2.45) is 0 Å². The second-order valence-electron chi connectivity index (χ2n) is 7.56. The Hall–Kier alpha value is -3.45. The maximum Gasteiger partial charge on any atom is 0.244 e. The Bertz CT molecular complexity index is 1260. The molecule has 0 aliphatic heterocycles. The highest BCUT2D eigenvalue weighted by molar-refractivity contribution is 7.10. The van der Waals surface area contributed by atoms with E-state index in [0.29, 0.717) is 0 Å². The number of benzene rings is 1. The fourth-order valence-electron chi connectivity index (χ4n) is 3.98. The summed E-state index contributed by atoms with van der Waals surface area (Å²) < 4.78 is 7.31. The number of aromatic nitrogens is 3. The maximum absolute atomic E-state index is 12.3. The summed E-state index contributed by atoms with van der Waals surface area (Å²) in [7, 11) is 1.66. The van der Waals surface area contributed by atoms with Crippen molar-refractivity contribution in [3.63, 3.8) is 0 Å². The Morgan fingerprint density at radius 2 is 2.26 bits per heavy atom. The van der Waals surface area contributed by atoms with E-state index in [2.05, 4.69) is 16.5 Å². The van der Waals surface area contributed by atoms with E-state index < -0.39 is 0 Å². The van der Waals surface area contributed by atoms with Gasteiger partial charge in [-0.1, -0.05) is 6.07 Å². The highest BCUT2D eigenvalue weighted by Gasteiger charge is 2.23. The molecule has 1 aliphatic rings. The average molecular weight is 431 g/mol. The largest absolute Gasteiger partial charge is 0.497 e. The summed E-state index contributed by atoms with van der Waals surface area (Å²) in [4.78, 5) is 17.8. The number of carbonyl (C=O) groups excluding carboxylic acids is 1. The molecule has 31 heavy (non-hydrogen) atoms. The molecule has 0 bridgehead atoms. The SMILES string of the molecule is COc1ccc2nccc(-n3cc4c(n3)CCC(NC(=O)C=Cc3cccs3)C4)c2c1. The minimum Gasteiger partial charge on any atom is -0.497 e. The molecule has 1 amide bonds. The van der Waals surface area contributed by atoms with Crippen LogP contribution in [0.3, 0.4) is 0 Å². The van der Waals surface area contributed by atoms with Crippen LogP contribution in [0.2, 0.25) is 0 Å². The van der Waals surface area contributed by atoms with Crippen LogP contribution in [0.15, 0.2) is 60.2 Å². The molecule has 4 aromatic rings. The van der Waals surface area contributed by atoms with Crippen molar-refractivity contribution in [2.45, 2.75) is 25.3 Å². The van der Waals surface area contributed by atoms with Crippen LogP contribution < -0.4 is 10.1 Å².